The van der Waals surface area contributed by atoms with E-state index in [4.69, 9.17) is 5.73 Å². The highest BCUT2D eigenvalue weighted by atomic mass is 16.6. The van der Waals surface area contributed by atoms with Gasteiger partial charge in [-0.1, -0.05) is 20.8 Å². The van der Waals surface area contributed by atoms with Gasteiger partial charge < -0.3 is 10.6 Å². The van der Waals surface area contributed by atoms with Crippen LogP contribution in [0, 0.1) is 21.4 Å². The van der Waals surface area contributed by atoms with Gasteiger partial charge in [-0.15, -0.1) is 0 Å². The topological polar surface area (TPSA) is 89.5 Å². The molecule has 1 amide bonds. The quantitative estimate of drug-likeness (QED) is 0.667. The zero-order valence-electron chi connectivity index (χ0n) is 13.0. The minimum Gasteiger partial charge on any atom is -0.330 e. The first-order chi connectivity index (χ1) is 9.65. The Labute approximate surface area is 125 Å². The standard InChI is InChI=1S/C15H23N3O3/c1-15(2,3)9-11(10-16)14(19)17(4)12-5-7-13(8-6-12)18(20)21/h5-8,11H,9-10,16H2,1-4H3. The Balaban J connectivity index is 2.87. The normalized spacial score (nSPS) is 12.8. The van der Waals surface area contributed by atoms with Crippen molar-refractivity contribution in [2.24, 2.45) is 17.1 Å². The van der Waals surface area contributed by atoms with Crippen LogP contribution in [0.25, 0.3) is 0 Å². The molecule has 21 heavy (non-hydrogen) atoms. The van der Waals surface area contributed by atoms with Crippen LogP contribution >= 0.6 is 0 Å². The van der Waals surface area contributed by atoms with E-state index in [1.54, 1.807) is 19.2 Å². The molecular formula is C15H23N3O3. The second kappa shape index (κ2) is 6.67. The number of hydrogen-bond acceptors (Lipinski definition) is 4. The van der Waals surface area contributed by atoms with Gasteiger partial charge in [-0.05, 0) is 24.0 Å². The first-order valence-corrected chi connectivity index (χ1v) is 6.88. The van der Waals surface area contributed by atoms with Crippen LogP contribution in [0.4, 0.5) is 11.4 Å². The Morgan fingerprint density at radius 3 is 2.24 bits per heavy atom. The molecule has 0 spiro atoms. The van der Waals surface area contributed by atoms with Gasteiger partial charge in [-0.2, -0.15) is 0 Å². The molecule has 2 N–H and O–H groups in total. The van der Waals surface area contributed by atoms with Gasteiger partial charge in [0.15, 0.2) is 0 Å². The van der Waals surface area contributed by atoms with E-state index in [1.807, 2.05) is 0 Å². The molecule has 1 unspecified atom stereocenters. The van der Waals surface area contributed by atoms with Crippen LogP contribution in [0.3, 0.4) is 0 Å². The number of benzene rings is 1. The van der Waals surface area contributed by atoms with Gasteiger partial charge in [-0.25, -0.2) is 0 Å². The number of carbonyl (C=O) groups excluding carboxylic acids is 1. The third-order valence-corrected chi connectivity index (χ3v) is 3.27. The number of anilines is 1. The van der Waals surface area contributed by atoms with Crippen molar-refractivity contribution in [1.82, 2.24) is 0 Å². The van der Waals surface area contributed by atoms with Crippen molar-refractivity contribution in [3.05, 3.63) is 34.4 Å². The Kier molecular flexibility index (Phi) is 5.43. The van der Waals surface area contributed by atoms with Gasteiger partial charge in [0.1, 0.15) is 0 Å². The van der Waals surface area contributed by atoms with Gasteiger partial charge in [0.05, 0.1) is 10.8 Å². The van der Waals surface area contributed by atoms with Gasteiger partial charge in [0, 0.05) is 31.4 Å². The molecule has 0 bridgehead atoms. The highest BCUT2D eigenvalue weighted by Gasteiger charge is 2.26. The van der Waals surface area contributed by atoms with Crippen LogP contribution in [0.15, 0.2) is 24.3 Å². The molecule has 0 heterocycles. The monoisotopic (exact) mass is 293 g/mol. The van der Waals surface area contributed by atoms with E-state index in [0.29, 0.717) is 12.1 Å². The van der Waals surface area contributed by atoms with E-state index in [2.05, 4.69) is 20.8 Å². The lowest BCUT2D eigenvalue weighted by atomic mass is 9.84. The number of rotatable bonds is 5. The summed E-state index contributed by atoms with van der Waals surface area (Å²) in [6.45, 7) is 6.48. The molecule has 0 aliphatic rings. The Morgan fingerprint density at radius 1 is 1.33 bits per heavy atom. The van der Waals surface area contributed by atoms with Gasteiger partial charge in [0.2, 0.25) is 5.91 Å². The number of carbonyl (C=O) groups is 1. The number of non-ortho nitro benzene ring substituents is 1. The predicted octanol–water partition coefficient (Wildman–Crippen LogP) is 2.57. The average molecular weight is 293 g/mol. The van der Waals surface area contributed by atoms with E-state index >= 15 is 0 Å². The largest absolute Gasteiger partial charge is 0.330 e. The van der Waals surface area contributed by atoms with E-state index < -0.39 is 4.92 Å². The maximum Gasteiger partial charge on any atom is 0.269 e. The number of nitrogens with zero attached hydrogens (tertiary/aromatic N) is 2. The summed E-state index contributed by atoms with van der Waals surface area (Å²) in [5.41, 5.74) is 6.36. The molecule has 1 atom stereocenters. The Hall–Kier alpha value is -1.95. The van der Waals surface area contributed by atoms with Crippen molar-refractivity contribution in [1.29, 1.82) is 0 Å². The minimum absolute atomic E-state index is 0.00432. The van der Waals surface area contributed by atoms with Gasteiger partial charge in [-0.3, -0.25) is 14.9 Å². The molecule has 0 saturated carbocycles. The zero-order valence-corrected chi connectivity index (χ0v) is 13.0. The third kappa shape index (κ3) is 4.82. The summed E-state index contributed by atoms with van der Waals surface area (Å²) in [4.78, 5) is 24.2. The van der Waals surface area contributed by atoms with E-state index in [9.17, 15) is 14.9 Å². The molecule has 6 heteroatoms. The van der Waals surface area contributed by atoms with E-state index in [1.165, 1.54) is 17.0 Å². The fourth-order valence-corrected chi connectivity index (χ4v) is 2.21. The molecule has 1 rings (SSSR count). The van der Waals surface area contributed by atoms with Crippen molar-refractivity contribution >= 4 is 17.3 Å². The molecule has 1 aromatic rings. The van der Waals surface area contributed by atoms with Crippen LogP contribution in [0.2, 0.25) is 0 Å². The van der Waals surface area contributed by atoms with Crippen molar-refractivity contribution in [2.45, 2.75) is 27.2 Å². The lowest BCUT2D eigenvalue weighted by molar-refractivity contribution is -0.384. The number of nitrogens with two attached hydrogens (primary N) is 1. The summed E-state index contributed by atoms with van der Waals surface area (Å²) in [6, 6.07) is 5.92. The van der Waals surface area contributed by atoms with Crippen LogP contribution in [-0.4, -0.2) is 24.4 Å². The number of amides is 1. The molecule has 116 valence electrons. The summed E-state index contributed by atoms with van der Waals surface area (Å²) in [6.07, 6.45) is 0.694. The number of hydrogen-bond donors (Lipinski definition) is 1. The van der Waals surface area contributed by atoms with Crippen molar-refractivity contribution in [3.8, 4) is 0 Å². The van der Waals surface area contributed by atoms with E-state index in [-0.39, 0.29) is 29.5 Å². The fraction of sp³-hybridized carbons (Fsp3) is 0.533. The van der Waals surface area contributed by atoms with Crippen molar-refractivity contribution in [2.75, 3.05) is 18.5 Å². The van der Waals surface area contributed by atoms with E-state index in [0.717, 1.165) is 0 Å². The summed E-state index contributed by atoms with van der Waals surface area (Å²) < 4.78 is 0. The second-order valence-electron chi connectivity index (χ2n) is 6.37. The molecule has 0 saturated heterocycles. The highest BCUT2D eigenvalue weighted by Crippen LogP contribution is 2.27. The summed E-state index contributed by atoms with van der Waals surface area (Å²) >= 11 is 0. The van der Waals surface area contributed by atoms with Crippen LogP contribution in [0.5, 0.6) is 0 Å². The predicted molar refractivity (Wildman–Crippen MR) is 83.1 cm³/mol. The third-order valence-electron chi connectivity index (χ3n) is 3.27. The minimum atomic E-state index is -0.464. The second-order valence-corrected chi connectivity index (χ2v) is 6.37. The van der Waals surface area contributed by atoms with Crippen LogP contribution < -0.4 is 10.6 Å². The molecule has 0 radical (unpaired) electrons. The Morgan fingerprint density at radius 2 is 1.86 bits per heavy atom. The summed E-state index contributed by atoms with van der Waals surface area (Å²) in [7, 11) is 1.66. The van der Waals surface area contributed by atoms with Crippen molar-refractivity contribution < 1.29 is 9.72 Å². The lowest BCUT2D eigenvalue weighted by Gasteiger charge is -2.28. The molecule has 0 aromatic heterocycles. The maximum atomic E-state index is 12.5. The lowest BCUT2D eigenvalue weighted by Crippen LogP contribution is -2.38. The maximum absolute atomic E-state index is 12.5. The number of nitro groups is 1. The highest BCUT2D eigenvalue weighted by molar-refractivity contribution is 5.94. The molecule has 0 aliphatic carbocycles. The SMILES string of the molecule is CN(C(=O)C(CN)CC(C)(C)C)c1ccc([N+](=O)[O-])cc1. The van der Waals surface area contributed by atoms with Crippen LogP contribution in [-0.2, 0) is 4.79 Å². The van der Waals surface area contributed by atoms with Gasteiger partial charge in [0.25, 0.3) is 5.69 Å². The first-order valence-electron chi connectivity index (χ1n) is 6.88. The smallest absolute Gasteiger partial charge is 0.269 e. The van der Waals surface area contributed by atoms with Crippen LogP contribution in [0.1, 0.15) is 27.2 Å². The number of nitro benzene ring substituents is 1. The molecule has 1 aromatic carbocycles. The molecular weight excluding hydrogens is 270 g/mol. The Bertz CT molecular complexity index is 506. The van der Waals surface area contributed by atoms with Crippen molar-refractivity contribution in [3.63, 3.8) is 0 Å². The van der Waals surface area contributed by atoms with Gasteiger partial charge >= 0.3 is 0 Å². The summed E-state index contributed by atoms with van der Waals surface area (Å²) in [5.74, 6) is -0.327. The average Bonchev–Trinajstić information content (AvgIpc) is 2.42. The first kappa shape index (κ1) is 17.1. The fourth-order valence-electron chi connectivity index (χ4n) is 2.21. The molecule has 0 aliphatic heterocycles. The summed E-state index contributed by atoms with van der Waals surface area (Å²) in [5, 5.41) is 10.6. The molecule has 0 fully saturated rings. The molecule has 6 nitrogen and oxygen atoms in total. The zero-order chi connectivity index (χ0) is 16.2.